The first kappa shape index (κ1) is 16.3. The molecule has 0 bridgehead atoms. The van der Waals surface area contributed by atoms with Gasteiger partial charge in [-0.15, -0.1) is 0 Å². The molecule has 0 aliphatic carbocycles. The molecular weight excluding hydrogens is 280 g/mol. The zero-order valence-electron chi connectivity index (χ0n) is 13.0. The van der Waals surface area contributed by atoms with Gasteiger partial charge < -0.3 is 20.9 Å². The lowest BCUT2D eigenvalue weighted by Crippen LogP contribution is -2.40. The summed E-state index contributed by atoms with van der Waals surface area (Å²) >= 11 is 0. The van der Waals surface area contributed by atoms with E-state index < -0.39 is 0 Å². The lowest BCUT2D eigenvalue weighted by molar-refractivity contribution is -0.131. The van der Waals surface area contributed by atoms with Crippen LogP contribution in [-0.4, -0.2) is 49.9 Å². The minimum atomic E-state index is -0.320. The van der Waals surface area contributed by atoms with Crippen molar-refractivity contribution in [1.82, 2.24) is 10.2 Å². The van der Waals surface area contributed by atoms with Gasteiger partial charge in [0.25, 0.3) is 0 Å². The molecule has 1 saturated heterocycles. The van der Waals surface area contributed by atoms with Gasteiger partial charge in [-0.05, 0) is 24.5 Å². The van der Waals surface area contributed by atoms with E-state index in [2.05, 4.69) is 22.3 Å². The molecule has 1 fully saturated rings. The van der Waals surface area contributed by atoms with Gasteiger partial charge in [0, 0.05) is 32.4 Å². The second-order valence-electron chi connectivity index (χ2n) is 5.55. The van der Waals surface area contributed by atoms with Crippen LogP contribution in [0.15, 0.2) is 24.3 Å². The van der Waals surface area contributed by atoms with Crippen molar-refractivity contribution in [3.8, 4) is 0 Å². The molecule has 0 aromatic heterocycles. The summed E-state index contributed by atoms with van der Waals surface area (Å²) in [6.45, 7) is 2.56. The molecule has 6 heteroatoms. The molecule has 0 spiro atoms. The summed E-state index contributed by atoms with van der Waals surface area (Å²) < 4.78 is 0. The van der Waals surface area contributed by atoms with E-state index >= 15 is 0 Å². The van der Waals surface area contributed by atoms with Gasteiger partial charge in [-0.2, -0.15) is 0 Å². The summed E-state index contributed by atoms with van der Waals surface area (Å²) in [5, 5.41) is 2.50. The fourth-order valence-electron chi connectivity index (χ4n) is 2.64. The van der Waals surface area contributed by atoms with Gasteiger partial charge in [-0.25, -0.2) is 0 Å². The number of nitrogens with zero attached hydrogens (tertiary/aromatic N) is 2. The Morgan fingerprint density at radius 1 is 1.27 bits per heavy atom. The molecule has 1 heterocycles. The SMILES string of the molecule is CN(Cc1ccccc1N1CCCC1)C(=O)CNC(=O)CN. The number of nitrogens with two attached hydrogens (primary N) is 1. The fourth-order valence-corrected chi connectivity index (χ4v) is 2.64. The average Bonchev–Trinajstić information content (AvgIpc) is 3.06. The van der Waals surface area contributed by atoms with Crippen LogP contribution in [0.1, 0.15) is 18.4 Å². The first-order valence-electron chi connectivity index (χ1n) is 7.65. The Morgan fingerprint density at radius 3 is 2.64 bits per heavy atom. The van der Waals surface area contributed by atoms with Crippen LogP contribution in [0.5, 0.6) is 0 Å². The zero-order chi connectivity index (χ0) is 15.9. The molecule has 1 aliphatic rings. The Hall–Kier alpha value is -2.08. The standard InChI is InChI=1S/C16H24N4O2/c1-19(16(22)11-18-15(21)10-17)12-13-6-2-3-7-14(13)20-8-4-5-9-20/h2-3,6-7H,4-5,8-12,17H2,1H3,(H,18,21). The van der Waals surface area contributed by atoms with Gasteiger partial charge in [0.1, 0.15) is 0 Å². The second kappa shape index (κ2) is 7.79. The number of rotatable bonds is 6. The summed E-state index contributed by atoms with van der Waals surface area (Å²) in [6, 6.07) is 8.18. The van der Waals surface area contributed by atoms with Gasteiger partial charge in [0.05, 0.1) is 13.1 Å². The molecule has 120 valence electrons. The lowest BCUT2D eigenvalue weighted by atomic mass is 10.1. The first-order chi connectivity index (χ1) is 10.6. The van der Waals surface area contributed by atoms with Gasteiger partial charge in [0.2, 0.25) is 11.8 Å². The van der Waals surface area contributed by atoms with Crippen molar-refractivity contribution >= 4 is 17.5 Å². The quantitative estimate of drug-likeness (QED) is 0.793. The van der Waals surface area contributed by atoms with Gasteiger partial charge in [-0.1, -0.05) is 18.2 Å². The fraction of sp³-hybridized carbons (Fsp3) is 0.500. The van der Waals surface area contributed by atoms with E-state index in [1.807, 2.05) is 12.1 Å². The largest absolute Gasteiger partial charge is 0.371 e. The van der Waals surface area contributed by atoms with Gasteiger partial charge in [0.15, 0.2) is 0 Å². The van der Waals surface area contributed by atoms with Gasteiger partial charge >= 0.3 is 0 Å². The maximum atomic E-state index is 12.1. The van der Waals surface area contributed by atoms with Crippen molar-refractivity contribution < 1.29 is 9.59 Å². The van der Waals surface area contributed by atoms with E-state index in [1.165, 1.54) is 18.5 Å². The molecule has 2 rings (SSSR count). The van der Waals surface area contributed by atoms with E-state index in [0.29, 0.717) is 6.54 Å². The van der Waals surface area contributed by atoms with Gasteiger partial charge in [-0.3, -0.25) is 9.59 Å². The third-order valence-corrected chi connectivity index (χ3v) is 3.89. The van der Waals surface area contributed by atoms with Crippen LogP contribution in [0.3, 0.4) is 0 Å². The Kier molecular flexibility index (Phi) is 5.77. The smallest absolute Gasteiger partial charge is 0.242 e. The Balaban J connectivity index is 1.97. The molecular formula is C16H24N4O2. The summed E-state index contributed by atoms with van der Waals surface area (Å²) in [6.07, 6.45) is 2.43. The second-order valence-corrected chi connectivity index (χ2v) is 5.55. The van der Waals surface area contributed by atoms with Crippen molar-refractivity contribution in [3.63, 3.8) is 0 Å². The highest BCUT2D eigenvalue weighted by molar-refractivity contribution is 5.85. The van der Waals surface area contributed by atoms with E-state index in [4.69, 9.17) is 5.73 Å². The van der Waals surface area contributed by atoms with Crippen LogP contribution in [0.4, 0.5) is 5.69 Å². The van der Waals surface area contributed by atoms with Crippen molar-refractivity contribution in [2.75, 3.05) is 38.1 Å². The van der Waals surface area contributed by atoms with Crippen LogP contribution < -0.4 is 16.0 Å². The average molecular weight is 304 g/mol. The highest BCUT2D eigenvalue weighted by Gasteiger charge is 2.17. The number of nitrogens with one attached hydrogen (secondary N) is 1. The van der Waals surface area contributed by atoms with Crippen molar-refractivity contribution in [2.45, 2.75) is 19.4 Å². The zero-order valence-corrected chi connectivity index (χ0v) is 13.0. The highest BCUT2D eigenvalue weighted by atomic mass is 16.2. The van der Waals surface area contributed by atoms with E-state index in [1.54, 1.807) is 11.9 Å². The number of carbonyl (C=O) groups excluding carboxylic acids is 2. The number of carbonyl (C=O) groups is 2. The summed E-state index contributed by atoms with van der Waals surface area (Å²) in [4.78, 5) is 27.2. The van der Waals surface area contributed by atoms with Crippen molar-refractivity contribution in [3.05, 3.63) is 29.8 Å². The number of likely N-dealkylation sites (N-methyl/N-ethyl adjacent to an activating group) is 1. The van der Waals surface area contributed by atoms with E-state index in [0.717, 1.165) is 18.7 Å². The molecule has 3 N–H and O–H groups in total. The Bertz CT molecular complexity index is 527. The Morgan fingerprint density at radius 2 is 1.95 bits per heavy atom. The number of benzene rings is 1. The topological polar surface area (TPSA) is 78.7 Å². The lowest BCUT2D eigenvalue weighted by Gasteiger charge is -2.24. The third-order valence-electron chi connectivity index (χ3n) is 3.89. The van der Waals surface area contributed by atoms with E-state index in [9.17, 15) is 9.59 Å². The van der Waals surface area contributed by atoms with E-state index in [-0.39, 0.29) is 24.9 Å². The summed E-state index contributed by atoms with van der Waals surface area (Å²) in [5.41, 5.74) is 7.53. The minimum Gasteiger partial charge on any atom is -0.371 e. The van der Waals surface area contributed by atoms with Crippen molar-refractivity contribution in [2.24, 2.45) is 5.73 Å². The molecule has 6 nitrogen and oxygen atoms in total. The number of amides is 2. The van der Waals surface area contributed by atoms with Crippen molar-refractivity contribution in [1.29, 1.82) is 0 Å². The molecule has 1 aliphatic heterocycles. The molecule has 0 saturated carbocycles. The number of para-hydroxylation sites is 1. The summed E-state index contributed by atoms with van der Waals surface area (Å²) in [7, 11) is 1.75. The summed E-state index contributed by atoms with van der Waals surface area (Å²) in [5.74, 6) is -0.447. The van der Waals surface area contributed by atoms with Crippen LogP contribution >= 0.6 is 0 Å². The van der Waals surface area contributed by atoms with Crippen LogP contribution in [0, 0.1) is 0 Å². The number of hydrogen-bond acceptors (Lipinski definition) is 4. The molecule has 0 radical (unpaired) electrons. The molecule has 1 aromatic rings. The minimum absolute atomic E-state index is 0.0155. The van der Waals surface area contributed by atoms with Crippen LogP contribution in [0.2, 0.25) is 0 Å². The molecule has 1 aromatic carbocycles. The molecule has 2 amide bonds. The third kappa shape index (κ3) is 4.21. The highest BCUT2D eigenvalue weighted by Crippen LogP contribution is 2.25. The monoisotopic (exact) mass is 304 g/mol. The first-order valence-corrected chi connectivity index (χ1v) is 7.65. The Labute approximate surface area is 131 Å². The van der Waals surface area contributed by atoms with Crippen LogP contribution in [-0.2, 0) is 16.1 Å². The maximum absolute atomic E-state index is 12.1. The maximum Gasteiger partial charge on any atom is 0.242 e. The molecule has 0 unspecified atom stereocenters. The predicted molar refractivity (Wildman–Crippen MR) is 86.4 cm³/mol. The normalized spacial score (nSPS) is 14.0. The predicted octanol–water partition coefficient (Wildman–Crippen LogP) is 0.320. The number of anilines is 1. The number of hydrogen-bond donors (Lipinski definition) is 2. The molecule has 22 heavy (non-hydrogen) atoms. The van der Waals surface area contributed by atoms with Crippen LogP contribution in [0.25, 0.3) is 0 Å². The molecule has 0 atom stereocenters.